The van der Waals surface area contributed by atoms with E-state index in [9.17, 15) is 14.4 Å². The van der Waals surface area contributed by atoms with Gasteiger partial charge in [-0.1, -0.05) is 12.1 Å². The highest BCUT2D eigenvalue weighted by atomic mass is 16.5. The fourth-order valence-electron chi connectivity index (χ4n) is 2.07. The molecule has 0 radical (unpaired) electrons. The van der Waals surface area contributed by atoms with Crippen molar-refractivity contribution in [2.75, 3.05) is 31.4 Å². The molecular weight excluding hydrogens is 348 g/mol. The van der Waals surface area contributed by atoms with Crippen LogP contribution in [-0.4, -0.2) is 45.2 Å². The Morgan fingerprint density at radius 2 is 1.59 bits per heavy atom. The predicted octanol–water partition coefficient (Wildman–Crippen LogP) is 1.63. The van der Waals surface area contributed by atoms with Gasteiger partial charge in [0.25, 0.3) is 0 Å². The molecule has 27 heavy (non-hydrogen) atoms. The average Bonchev–Trinajstić information content (AvgIpc) is 2.68. The van der Waals surface area contributed by atoms with E-state index in [1.165, 1.54) is 37.6 Å². The molecule has 0 heterocycles. The first-order valence-corrected chi connectivity index (χ1v) is 8.01. The van der Waals surface area contributed by atoms with Crippen molar-refractivity contribution in [1.29, 1.82) is 0 Å². The van der Waals surface area contributed by atoms with Gasteiger partial charge in [0.05, 0.1) is 18.9 Å². The van der Waals surface area contributed by atoms with Gasteiger partial charge in [0.2, 0.25) is 0 Å². The molecule has 0 bridgehead atoms. The Morgan fingerprint density at radius 1 is 0.963 bits per heavy atom. The van der Waals surface area contributed by atoms with Crippen molar-refractivity contribution < 1.29 is 19.1 Å². The van der Waals surface area contributed by atoms with Crippen LogP contribution in [0.25, 0.3) is 0 Å². The topological polar surface area (TPSA) is 100 Å². The summed E-state index contributed by atoms with van der Waals surface area (Å²) >= 11 is 0. The van der Waals surface area contributed by atoms with Crippen molar-refractivity contribution in [1.82, 2.24) is 5.43 Å². The number of rotatable bonds is 5. The summed E-state index contributed by atoms with van der Waals surface area (Å²) in [6.45, 7) is 0. The number of hydrogen-bond donors (Lipinski definition) is 2. The van der Waals surface area contributed by atoms with Crippen LogP contribution in [0.2, 0.25) is 0 Å². The van der Waals surface area contributed by atoms with Gasteiger partial charge in [0.15, 0.2) is 0 Å². The second kappa shape index (κ2) is 9.14. The molecule has 2 aromatic carbocycles. The molecule has 0 aliphatic carbocycles. The monoisotopic (exact) mass is 368 g/mol. The van der Waals surface area contributed by atoms with Gasteiger partial charge in [-0.25, -0.2) is 10.2 Å². The molecule has 0 spiro atoms. The van der Waals surface area contributed by atoms with Gasteiger partial charge < -0.3 is 15.0 Å². The van der Waals surface area contributed by atoms with E-state index in [1.54, 1.807) is 0 Å². The number of amides is 2. The molecule has 0 saturated heterocycles. The maximum atomic E-state index is 11.9. The van der Waals surface area contributed by atoms with E-state index < -0.39 is 17.8 Å². The molecule has 2 N–H and O–H groups in total. The van der Waals surface area contributed by atoms with E-state index in [1.807, 2.05) is 43.3 Å². The normalized spacial score (nSPS) is 10.3. The fraction of sp³-hybridized carbons (Fsp3) is 0.158. The lowest BCUT2D eigenvalue weighted by atomic mass is 10.2. The molecule has 2 amide bonds. The molecule has 0 aromatic heterocycles. The van der Waals surface area contributed by atoms with Crippen LogP contribution in [0.3, 0.4) is 0 Å². The highest BCUT2D eigenvalue weighted by Crippen LogP contribution is 2.11. The summed E-state index contributed by atoms with van der Waals surface area (Å²) in [5.74, 6) is -2.27. The van der Waals surface area contributed by atoms with Crippen molar-refractivity contribution in [3.8, 4) is 0 Å². The molecule has 0 fully saturated rings. The SMILES string of the molecule is COC(=O)c1ccc(NC(=O)C(=O)N/N=C\c2ccc(N(C)C)cc2)cc1. The van der Waals surface area contributed by atoms with Crippen molar-refractivity contribution in [3.05, 3.63) is 59.7 Å². The van der Waals surface area contributed by atoms with E-state index in [2.05, 4.69) is 20.6 Å². The lowest BCUT2D eigenvalue weighted by Crippen LogP contribution is -2.32. The maximum absolute atomic E-state index is 11.9. The molecule has 0 aliphatic heterocycles. The largest absolute Gasteiger partial charge is 0.465 e. The lowest BCUT2D eigenvalue weighted by Gasteiger charge is -2.11. The van der Waals surface area contributed by atoms with Crippen molar-refractivity contribution in [2.24, 2.45) is 5.10 Å². The van der Waals surface area contributed by atoms with E-state index in [0.717, 1.165) is 11.3 Å². The molecule has 0 aliphatic rings. The quantitative estimate of drug-likeness (QED) is 0.362. The van der Waals surface area contributed by atoms with Crippen LogP contribution in [0, 0.1) is 0 Å². The van der Waals surface area contributed by atoms with Gasteiger partial charge in [0, 0.05) is 25.5 Å². The number of anilines is 2. The number of ether oxygens (including phenoxy) is 1. The molecule has 0 atom stereocenters. The van der Waals surface area contributed by atoms with Crippen LogP contribution < -0.4 is 15.6 Å². The molecule has 0 unspecified atom stereocenters. The van der Waals surface area contributed by atoms with E-state index >= 15 is 0 Å². The minimum absolute atomic E-state index is 0.338. The number of benzene rings is 2. The molecule has 140 valence electrons. The number of carbonyl (C=O) groups is 3. The van der Waals surface area contributed by atoms with Crippen LogP contribution in [0.4, 0.5) is 11.4 Å². The van der Waals surface area contributed by atoms with Crippen LogP contribution in [0.15, 0.2) is 53.6 Å². The Balaban J connectivity index is 1.88. The number of nitrogens with one attached hydrogen (secondary N) is 2. The van der Waals surface area contributed by atoms with Crippen molar-refractivity contribution in [3.63, 3.8) is 0 Å². The van der Waals surface area contributed by atoms with E-state index in [-0.39, 0.29) is 0 Å². The Bertz CT molecular complexity index is 843. The van der Waals surface area contributed by atoms with E-state index in [4.69, 9.17) is 0 Å². The predicted molar refractivity (Wildman–Crippen MR) is 103 cm³/mol. The Hall–Kier alpha value is -3.68. The van der Waals surface area contributed by atoms with Gasteiger partial charge in [-0.3, -0.25) is 9.59 Å². The first kappa shape index (κ1) is 19.6. The number of esters is 1. The molecule has 0 saturated carbocycles. The van der Waals surface area contributed by atoms with Gasteiger partial charge >= 0.3 is 17.8 Å². The lowest BCUT2D eigenvalue weighted by molar-refractivity contribution is -0.136. The Labute approximate surface area is 156 Å². The van der Waals surface area contributed by atoms with Crippen LogP contribution in [0.1, 0.15) is 15.9 Å². The average molecular weight is 368 g/mol. The summed E-state index contributed by atoms with van der Waals surface area (Å²) in [5.41, 5.74) is 4.68. The molecule has 8 nitrogen and oxygen atoms in total. The minimum Gasteiger partial charge on any atom is -0.465 e. The summed E-state index contributed by atoms with van der Waals surface area (Å²) in [4.78, 5) is 37.0. The maximum Gasteiger partial charge on any atom is 0.337 e. The molecule has 2 rings (SSSR count). The molecule has 2 aromatic rings. The Kier molecular flexibility index (Phi) is 6.65. The van der Waals surface area contributed by atoms with Gasteiger partial charge in [0.1, 0.15) is 0 Å². The van der Waals surface area contributed by atoms with Crippen LogP contribution in [0.5, 0.6) is 0 Å². The summed E-state index contributed by atoms with van der Waals surface area (Å²) in [6, 6.07) is 13.5. The van der Waals surface area contributed by atoms with Crippen molar-refractivity contribution in [2.45, 2.75) is 0 Å². The van der Waals surface area contributed by atoms with Gasteiger partial charge in [-0.05, 0) is 42.0 Å². The summed E-state index contributed by atoms with van der Waals surface area (Å²) < 4.78 is 4.59. The standard InChI is InChI=1S/C19H20N4O4/c1-23(2)16-10-4-13(5-11-16)12-20-22-18(25)17(24)21-15-8-6-14(7-9-15)19(26)27-3/h4-12H,1-3H3,(H,21,24)(H,22,25)/b20-12-. The highest BCUT2D eigenvalue weighted by Gasteiger charge is 2.13. The number of hydrazone groups is 1. The third-order valence-corrected chi connectivity index (χ3v) is 3.56. The van der Waals surface area contributed by atoms with Gasteiger partial charge in [-0.15, -0.1) is 0 Å². The zero-order valence-electron chi connectivity index (χ0n) is 15.2. The number of hydrogen-bond acceptors (Lipinski definition) is 6. The van der Waals surface area contributed by atoms with Crippen LogP contribution >= 0.6 is 0 Å². The highest BCUT2D eigenvalue weighted by molar-refractivity contribution is 6.39. The first-order chi connectivity index (χ1) is 12.9. The number of methoxy groups -OCH3 is 1. The third-order valence-electron chi connectivity index (χ3n) is 3.56. The Morgan fingerprint density at radius 3 is 2.15 bits per heavy atom. The summed E-state index contributed by atoms with van der Waals surface area (Å²) in [5, 5.41) is 6.18. The number of nitrogens with zero attached hydrogens (tertiary/aromatic N) is 2. The fourth-order valence-corrected chi connectivity index (χ4v) is 2.07. The second-order valence-electron chi connectivity index (χ2n) is 5.71. The van der Waals surface area contributed by atoms with E-state index in [0.29, 0.717) is 11.3 Å². The second-order valence-corrected chi connectivity index (χ2v) is 5.71. The first-order valence-electron chi connectivity index (χ1n) is 8.01. The zero-order valence-corrected chi connectivity index (χ0v) is 15.2. The minimum atomic E-state index is -0.909. The third kappa shape index (κ3) is 5.67. The zero-order chi connectivity index (χ0) is 19.8. The number of carbonyl (C=O) groups excluding carboxylic acids is 3. The van der Waals surface area contributed by atoms with Gasteiger partial charge in [-0.2, -0.15) is 5.10 Å². The van der Waals surface area contributed by atoms with Crippen LogP contribution in [-0.2, 0) is 14.3 Å². The summed E-state index contributed by atoms with van der Waals surface area (Å²) in [6.07, 6.45) is 1.44. The summed E-state index contributed by atoms with van der Waals surface area (Å²) in [7, 11) is 5.15. The molecule has 8 heteroatoms. The van der Waals surface area contributed by atoms with Crippen molar-refractivity contribution >= 4 is 35.4 Å². The molecular formula is C19H20N4O4. The smallest absolute Gasteiger partial charge is 0.337 e.